The van der Waals surface area contributed by atoms with Crippen molar-refractivity contribution < 1.29 is 8.83 Å². The summed E-state index contributed by atoms with van der Waals surface area (Å²) in [6, 6.07) is 35.4. The van der Waals surface area contributed by atoms with Crippen molar-refractivity contribution in [3.63, 3.8) is 0 Å². The Morgan fingerprint density at radius 1 is 0.478 bits per heavy atom. The smallest absolute Gasteiger partial charge is 0.167 e. The maximum Gasteiger partial charge on any atom is 0.167 e. The Labute approximate surface area is 266 Å². The minimum absolute atomic E-state index is 0.0549. The molecule has 1 aliphatic rings. The molecular formula is C41H33N3O2. The second-order valence-corrected chi connectivity index (χ2v) is 13.9. The molecule has 5 nitrogen and oxygen atoms in total. The van der Waals surface area contributed by atoms with Crippen LogP contribution >= 0.6 is 0 Å². The number of hydrogen-bond acceptors (Lipinski definition) is 5. The van der Waals surface area contributed by atoms with Gasteiger partial charge >= 0.3 is 0 Å². The molecule has 0 aliphatic heterocycles. The Hall–Kier alpha value is -5.29. The fourth-order valence-electron chi connectivity index (χ4n) is 7.32. The first-order valence-corrected chi connectivity index (χ1v) is 16.0. The van der Waals surface area contributed by atoms with Gasteiger partial charge in [0.15, 0.2) is 17.5 Å². The van der Waals surface area contributed by atoms with Crippen molar-refractivity contribution in [3.8, 4) is 34.2 Å². The van der Waals surface area contributed by atoms with Gasteiger partial charge in [0, 0.05) is 27.1 Å². The average Bonchev–Trinajstić information content (AvgIpc) is 3.65. The molecule has 0 amide bonds. The van der Waals surface area contributed by atoms with Crippen LogP contribution < -0.4 is 0 Å². The third-order valence-electron chi connectivity index (χ3n) is 10.0. The normalized spacial score (nSPS) is 15.6. The summed E-state index contributed by atoms with van der Waals surface area (Å²) in [7, 11) is 0. The molecule has 0 radical (unpaired) electrons. The zero-order valence-corrected chi connectivity index (χ0v) is 26.4. The van der Waals surface area contributed by atoms with Crippen molar-refractivity contribution >= 4 is 43.9 Å². The first-order valence-electron chi connectivity index (χ1n) is 16.0. The van der Waals surface area contributed by atoms with Crippen LogP contribution in [-0.2, 0) is 10.8 Å². The summed E-state index contributed by atoms with van der Waals surface area (Å²) in [5.74, 6) is 1.76. The summed E-state index contributed by atoms with van der Waals surface area (Å²) in [6.07, 6.45) is 2.29. The van der Waals surface area contributed by atoms with Crippen LogP contribution in [0.15, 0.2) is 112 Å². The maximum atomic E-state index is 6.44. The Kier molecular flexibility index (Phi) is 5.65. The van der Waals surface area contributed by atoms with E-state index in [2.05, 4.69) is 70.2 Å². The van der Waals surface area contributed by atoms with E-state index < -0.39 is 0 Å². The van der Waals surface area contributed by atoms with Crippen LogP contribution in [0.25, 0.3) is 78.0 Å². The molecule has 0 saturated heterocycles. The van der Waals surface area contributed by atoms with Crippen LogP contribution in [0.3, 0.4) is 0 Å². The molecule has 0 saturated carbocycles. The van der Waals surface area contributed by atoms with Gasteiger partial charge in [-0.1, -0.05) is 100 Å². The second-order valence-electron chi connectivity index (χ2n) is 13.9. The van der Waals surface area contributed by atoms with Crippen LogP contribution in [0.1, 0.15) is 51.7 Å². The molecule has 46 heavy (non-hydrogen) atoms. The topological polar surface area (TPSA) is 65.0 Å². The van der Waals surface area contributed by atoms with Crippen molar-refractivity contribution in [3.05, 3.63) is 114 Å². The monoisotopic (exact) mass is 599 g/mol. The van der Waals surface area contributed by atoms with Gasteiger partial charge in [-0.3, -0.25) is 0 Å². The van der Waals surface area contributed by atoms with Gasteiger partial charge in [0.25, 0.3) is 0 Å². The summed E-state index contributed by atoms with van der Waals surface area (Å²) >= 11 is 0. The highest BCUT2D eigenvalue weighted by atomic mass is 16.3. The lowest BCUT2D eigenvalue weighted by Gasteiger charge is -2.42. The first kappa shape index (κ1) is 27.1. The molecule has 224 valence electrons. The van der Waals surface area contributed by atoms with Crippen LogP contribution in [0.4, 0.5) is 0 Å². The predicted molar refractivity (Wildman–Crippen MR) is 186 cm³/mol. The number of hydrogen-bond donors (Lipinski definition) is 0. The van der Waals surface area contributed by atoms with E-state index in [0.29, 0.717) is 17.5 Å². The van der Waals surface area contributed by atoms with Gasteiger partial charge in [-0.05, 0) is 65.1 Å². The molecule has 0 atom stereocenters. The summed E-state index contributed by atoms with van der Waals surface area (Å²) in [6.45, 7) is 9.39. The van der Waals surface area contributed by atoms with Gasteiger partial charge in [-0.25, -0.2) is 15.0 Å². The fraction of sp³-hybridized carbons (Fsp3) is 0.195. The van der Waals surface area contributed by atoms with Gasteiger partial charge < -0.3 is 8.83 Å². The van der Waals surface area contributed by atoms with E-state index in [1.807, 2.05) is 60.7 Å². The van der Waals surface area contributed by atoms with E-state index in [-0.39, 0.29) is 10.8 Å². The molecule has 0 N–H and O–H groups in total. The number of fused-ring (bicyclic) bond motifs is 7. The third-order valence-corrected chi connectivity index (χ3v) is 10.0. The largest absolute Gasteiger partial charge is 0.455 e. The zero-order valence-electron chi connectivity index (χ0n) is 26.4. The predicted octanol–water partition coefficient (Wildman–Crippen LogP) is 11.0. The molecule has 0 fully saturated rings. The van der Waals surface area contributed by atoms with Gasteiger partial charge in [-0.15, -0.1) is 0 Å². The molecule has 0 bridgehead atoms. The molecule has 8 aromatic rings. The molecule has 5 heteroatoms. The Balaban J connectivity index is 1.32. The molecule has 3 heterocycles. The second kappa shape index (κ2) is 9.60. The first-order chi connectivity index (χ1) is 22.3. The minimum atomic E-state index is 0.0549. The number of rotatable bonds is 3. The zero-order chi connectivity index (χ0) is 31.2. The highest BCUT2D eigenvalue weighted by Gasteiger charge is 2.37. The van der Waals surface area contributed by atoms with E-state index >= 15 is 0 Å². The number of para-hydroxylation sites is 4. The molecule has 1 aliphatic carbocycles. The van der Waals surface area contributed by atoms with Crippen molar-refractivity contribution in [1.82, 2.24) is 15.0 Å². The lowest BCUT2D eigenvalue weighted by Crippen LogP contribution is -2.33. The fourth-order valence-corrected chi connectivity index (χ4v) is 7.32. The van der Waals surface area contributed by atoms with Crippen LogP contribution in [0.5, 0.6) is 0 Å². The molecular weight excluding hydrogens is 566 g/mol. The molecule has 0 unspecified atom stereocenters. The van der Waals surface area contributed by atoms with E-state index in [1.165, 1.54) is 11.1 Å². The summed E-state index contributed by atoms with van der Waals surface area (Å²) in [5, 5.41) is 4.21. The highest BCUT2D eigenvalue weighted by molar-refractivity contribution is 6.10. The van der Waals surface area contributed by atoms with Crippen LogP contribution in [0, 0.1) is 0 Å². The van der Waals surface area contributed by atoms with Gasteiger partial charge in [0.1, 0.15) is 22.3 Å². The summed E-state index contributed by atoms with van der Waals surface area (Å²) in [4.78, 5) is 15.5. The molecule has 9 rings (SSSR count). The number of furan rings is 2. The maximum absolute atomic E-state index is 6.44. The molecule has 0 spiro atoms. The number of benzene rings is 5. The van der Waals surface area contributed by atoms with E-state index in [1.54, 1.807) is 0 Å². The Morgan fingerprint density at radius 3 is 1.52 bits per heavy atom. The van der Waals surface area contributed by atoms with Crippen LogP contribution in [0.2, 0.25) is 0 Å². The SMILES string of the molecule is CC1(C)CCC(C)(C)c2cc(-c3nc(-c4cccc5c4oc4ccccc45)nc(-c4cccc5c4oc4ccccc45)n3)ccc21. The van der Waals surface area contributed by atoms with E-state index in [0.717, 1.165) is 73.4 Å². The van der Waals surface area contributed by atoms with Crippen molar-refractivity contribution in [1.29, 1.82) is 0 Å². The van der Waals surface area contributed by atoms with Crippen molar-refractivity contribution in [2.45, 2.75) is 51.4 Å². The van der Waals surface area contributed by atoms with E-state index in [9.17, 15) is 0 Å². The lowest BCUT2D eigenvalue weighted by atomic mass is 9.63. The highest BCUT2D eigenvalue weighted by Crippen LogP contribution is 2.47. The van der Waals surface area contributed by atoms with E-state index in [4.69, 9.17) is 23.8 Å². The summed E-state index contributed by atoms with van der Waals surface area (Å²) in [5.41, 5.74) is 8.78. The Morgan fingerprint density at radius 2 is 0.957 bits per heavy atom. The van der Waals surface area contributed by atoms with Gasteiger partial charge in [-0.2, -0.15) is 0 Å². The minimum Gasteiger partial charge on any atom is -0.455 e. The molecule has 3 aromatic heterocycles. The number of aromatic nitrogens is 3. The van der Waals surface area contributed by atoms with Gasteiger partial charge in [0.05, 0.1) is 11.1 Å². The third kappa shape index (κ3) is 4.04. The van der Waals surface area contributed by atoms with Gasteiger partial charge in [0.2, 0.25) is 0 Å². The van der Waals surface area contributed by atoms with Crippen LogP contribution in [-0.4, -0.2) is 15.0 Å². The Bertz CT molecular complexity index is 2370. The average molecular weight is 600 g/mol. The standard InChI is InChI=1S/C41H33N3O2/c1-40(2)21-22-41(3,4)32-23-24(19-20-31(32)40)37-42-38(29-15-9-13-27-25-11-5-7-17-33(25)45-35(27)29)44-39(43-37)30-16-10-14-28-26-12-6-8-18-34(26)46-36(28)30/h5-20,23H,21-22H2,1-4H3. The molecule has 5 aromatic carbocycles. The van der Waals surface area contributed by atoms with Crippen molar-refractivity contribution in [2.24, 2.45) is 0 Å². The quantitative estimate of drug-likeness (QED) is 0.202. The van der Waals surface area contributed by atoms with Crippen molar-refractivity contribution in [2.75, 3.05) is 0 Å². The number of nitrogens with zero attached hydrogens (tertiary/aromatic N) is 3. The lowest BCUT2D eigenvalue weighted by molar-refractivity contribution is 0.332. The summed E-state index contributed by atoms with van der Waals surface area (Å²) < 4.78 is 12.9.